The molecule has 0 aliphatic carbocycles. The maximum Gasteiger partial charge on any atom is 0.416 e. The summed E-state index contributed by atoms with van der Waals surface area (Å²) in [6.07, 6.45) is -0.733. The first-order chi connectivity index (χ1) is 8.88. The lowest BCUT2D eigenvalue weighted by molar-refractivity contribution is -0.137. The number of aromatic nitrogens is 2. The Bertz CT molecular complexity index is 539. The summed E-state index contributed by atoms with van der Waals surface area (Å²) < 4.78 is 39.3. The fourth-order valence-electron chi connectivity index (χ4n) is 1.95. The molecular weight excluding hydrogens is 253 g/mol. The van der Waals surface area contributed by atoms with Crippen LogP contribution in [0.15, 0.2) is 36.7 Å². The lowest BCUT2D eigenvalue weighted by Crippen LogP contribution is -2.07. The van der Waals surface area contributed by atoms with Gasteiger partial charge in [-0.15, -0.1) is 0 Å². The number of alkyl halides is 3. The smallest absolute Gasteiger partial charge is 0.330 e. The summed E-state index contributed by atoms with van der Waals surface area (Å²) in [4.78, 5) is 4.25. The molecule has 0 atom stereocenters. The molecule has 1 aromatic carbocycles. The van der Waals surface area contributed by atoms with E-state index >= 15 is 0 Å². The van der Waals surface area contributed by atoms with Gasteiger partial charge in [0.2, 0.25) is 0 Å². The van der Waals surface area contributed by atoms with Gasteiger partial charge in [-0.2, -0.15) is 13.2 Å². The van der Waals surface area contributed by atoms with E-state index in [1.54, 1.807) is 6.20 Å². The molecule has 0 bridgehead atoms. The fourth-order valence-corrected chi connectivity index (χ4v) is 1.95. The van der Waals surface area contributed by atoms with Crippen molar-refractivity contribution >= 4 is 0 Å². The van der Waals surface area contributed by atoms with Crippen molar-refractivity contribution in [1.29, 1.82) is 0 Å². The van der Waals surface area contributed by atoms with E-state index < -0.39 is 11.7 Å². The van der Waals surface area contributed by atoms with Gasteiger partial charge in [-0.3, -0.25) is 0 Å². The second kappa shape index (κ2) is 5.07. The molecule has 1 heterocycles. The van der Waals surface area contributed by atoms with E-state index in [1.807, 2.05) is 24.6 Å². The largest absolute Gasteiger partial charge is 0.416 e. The lowest BCUT2D eigenvalue weighted by atomic mass is 10.1. The van der Waals surface area contributed by atoms with Crippen molar-refractivity contribution in [2.75, 3.05) is 0 Å². The molecule has 0 spiro atoms. The summed E-state index contributed by atoms with van der Waals surface area (Å²) in [7, 11) is 0. The van der Waals surface area contributed by atoms with Crippen molar-refractivity contribution in [3.63, 3.8) is 0 Å². The Balaban J connectivity index is 2.18. The van der Waals surface area contributed by atoms with Gasteiger partial charge in [0, 0.05) is 24.9 Å². The van der Waals surface area contributed by atoms with Crippen LogP contribution in [0.1, 0.15) is 36.7 Å². The molecule has 0 saturated heterocycles. The average molecular weight is 268 g/mol. The van der Waals surface area contributed by atoms with Gasteiger partial charge < -0.3 is 4.57 Å². The summed E-state index contributed by atoms with van der Waals surface area (Å²) in [6.45, 7) is 4.60. The maximum atomic E-state index is 12.5. The molecule has 102 valence electrons. The lowest BCUT2D eigenvalue weighted by Gasteiger charge is -2.11. The number of imidazole rings is 1. The van der Waals surface area contributed by atoms with Gasteiger partial charge in [0.05, 0.1) is 5.56 Å². The molecule has 0 amide bonds. The first-order valence-corrected chi connectivity index (χ1v) is 6.05. The Morgan fingerprint density at radius 2 is 1.79 bits per heavy atom. The van der Waals surface area contributed by atoms with Crippen molar-refractivity contribution in [2.45, 2.75) is 32.5 Å². The minimum absolute atomic E-state index is 0.282. The zero-order chi connectivity index (χ0) is 14.0. The quantitative estimate of drug-likeness (QED) is 0.820. The molecule has 0 aliphatic rings. The Morgan fingerprint density at radius 1 is 1.16 bits per heavy atom. The minimum atomic E-state index is -4.28. The van der Waals surface area contributed by atoms with Gasteiger partial charge >= 0.3 is 6.18 Å². The van der Waals surface area contributed by atoms with Gasteiger partial charge in [0.1, 0.15) is 5.82 Å². The van der Waals surface area contributed by atoms with E-state index in [9.17, 15) is 13.2 Å². The first-order valence-electron chi connectivity index (χ1n) is 6.05. The van der Waals surface area contributed by atoms with E-state index in [0.29, 0.717) is 6.54 Å². The number of benzene rings is 1. The molecule has 19 heavy (non-hydrogen) atoms. The van der Waals surface area contributed by atoms with E-state index in [4.69, 9.17) is 0 Å². The number of halogens is 3. The standard InChI is InChI=1S/C14H15F3N2/c1-10(2)13-18-7-8-19(13)9-11-3-5-12(6-4-11)14(15,16)17/h3-8,10H,9H2,1-2H3. The number of nitrogens with zero attached hydrogens (tertiary/aromatic N) is 2. The predicted molar refractivity (Wildman–Crippen MR) is 66.9 cm³/mol. The zero-order valence-electron chi connectivity index (χ0n) is 10.8. The normalized spacial score (nSPS) is 12.1. The van der Waals surface area contributed by atoms with Crippen molar-refractivity contribution in [3.05, 3.63) is 53.6 Å². The second-order valence-corrected chi connectivity index (χ2v) is 4.76. The van der Waals surface area contributed by atoms with Gasteiger partial charge in [0.25, 0.3) is 0 Å². The molecule has 2 nitrogen and oxygen atoms in total. The Hall–Kier alpha value is -1.78. The van der Waals surface area contributed by atoms with Crippen LogP contribution in [0.4, 0.5) is 13.2 Å². The summed E-state index contributed by atoms with van der Waals surface area (Å²) in [6, 6.07) is 5.24. The van der Waals surface area contributed by atoms with Gasteiger partial charge in [0.15, 0.2) is 0 Å². The number of rotatable bonds is 3. The molecule has 0 N–H and O–H groups in total. The molecule has 0 aliphatic heterocycles. The van der Waals surface area contributed by atoms with Gasteiger partial charge in [-0.05, 0) is 17.7 Å². The molecule has 2 aromatic rings. The molecule has 5 heteroatoms. The van der Waals surface area contributed by atoms with Crippen LogP contribution < -0.4 is 0 Å². The molecular formula is C14H15F3N2. The zero-order valence-corrected chi connectivity index (χ0v) is 10.8. The molecule has 0 saturated carbocycles. The topological polar surface area (TPSA) is 17.8 Å². The summed E-state index contributed by atoms with van der Waals surface area (Å²) in [5.74, 6) is 1.21. The van der Waals surface area contributed by atoms with E-state index in [2.05, 4.69) is 4.98 Å². The third-order valence-corrected chi connectivity index (χ3v) is 2.90. The van der Waals surface area contributed by atoms with E-state index in [-0.39, 0.29) is 5.92 Å². The van der Waals surface area contributed by atoms with Crippen LogP contribution in [0.25, 0.3) is 0 Å². The Kier molecular flexibility index (Phi) is 3.64. The highest BCUT2D eigenvalue weighted by atomic mass is 19.4. The molecule has 2 rings (SSSR count). The third-order valence-electron chi connectivity index (χ3n) is 2.90. The van der Waals surface area contributed by atoms with E-state index in [1.165, 1.54) is 12.1 Å². The van der Waals surface area contributed by atoms with Crippen LogP contribution in [0.5, 0.6) is 0 Å². The highest BCUT2D eigenvalue weighted by Gasteiger charge is 2.29. The van der Waals surface area contributed by atoms with Crippen molar-refractivity contribution in [1.82, 2.24) is 9.55 Å². The van der Waals surface area contributed by atoms with Gasteiger partial charge in [-0.1, -0.05) is 26.0 Å². The second-order valence-electron chi connectivity index (χ2n) is 4.76. The minimum Gasteiger partial charge on any atom is -0.330 e. The molecule has 1 aromatic heterocycles. The van der Waals surface area contributed by atoms with Crippen LogP contribution in [-0.2, 0) is 12.7 Å². The van der Waals surface area contributed by atoms with Gasteiger partial charge in [-0.25, -0.2) is 4.98 Å². The highest BCUT2D eigenvalue weighted by molar-refractivity contribution is 5.25. The fraction of sp³-hybridized carbons (Fsp3) is 0.357. The third kappa shape index (κ3) is 3.16. The SMILES string of the molecule is CC(C)c1nccn1Cc1ccc(C(F)(F)F)cc1. The van der Waals surface area contributed by atoms with Crippen molar-refractivity contribution in [2.24, 2.45) is 0 Å². The Labute approximate surface area is 109 Å². The molecule has 0 unspecified atom stereocenters. The summed E-state index contributed by atoms with van der Waals surface area (Å²) in [5, 5.41) is 0. The van der Waals surface area contributed by atoms with Crippen LogP contribution in [0.2, 0.25) is 0 Å². The van der Waals surface area contributed by atoms with Crippen LogP contribution in [0, 0.1) is 0 Å². The Morgan fingerprint density at radius 3 is 2.32 bits per heavy atom. The summed E-state index contributed by atoms with van der Waals surface area (Å²) >= 11 is 0. The number of hydrogen-bond donors (Lipinski definition) is 0. The van der Waals surface area contributed by atoms with Crippen LogP contribution in [-0.4, -0.2) is 9.55 Å². The highest BCUT2D eigenvalue weighted by Crippen LogP contribution is 2.29. The number of hydrogen-bond acceptors (Lipinski definition) is 1. The van der Waals surface area contributed by atoms with E-state index in [0.717, 1.165) is 23.5 Å². The average Bonchev–Trinajstić information content (AvgIpc) is 2.77. The molecule has 0 radical (unpaired) electrons. The maximum absolute atomic E-state index is 12.5. The predicted octanol–water partition coefficient (Wildman–Crippen LogP) is 4.07. The van der Waals surface area contributed by atoms with Crippen molar-refractivity contribution < 1.29 is 13.2 Å². The monoisotopic (exact) mass is 268 g/mol. The van der Waals surface area contributed by atoms with Crippen LogP contribution >= 0.6 is 0 Å². The summed E-state index contributed by atoms with van der Waals surface area (Å²) in [5.41, 5.74) is 0.207. The van der Waals surface area contributed by atoms with Crippen LogP contribution in [0.3, 0.4) is 0 Å². The first kappa shape index (κ1) is 13.6. The van der Waals surface area contributed by atoms with Crippen molar-refractivity contribution in [3.8, 4) is 0 Å². The molecule has 0 fully saturated rings.